The lowest BCUT2D eigenvalue weighted by Crippen LogP contribution is -2.40. The third-order valence-corrected chi connectivity index (χ3v) is 3.95. The fourth-order valence-electron chi connectivity index (χ4n) is 2.69. The first-order chi connectivity index (χ1) is 11.4. The van der Waals surface area contributed by atoms with Crippen LogP contribution in [0.15, 0.2) is 24.7 Å². The minimum Gasteiger partial charge on any atom is -0.382 e. The van der Waals surface area contributed by atoms with Crippen molar-refractivity contribution in [2.75, 3.05) is 18.8 Å². The van der Waals surface area contributed by atoms with Crippen LogP contribution in [0.3, 0.4) is 0 Å². The Labute approximate surface area is 135 Å². The molecule has 24 heavy (non-hydrogen) atoms. The predicted molar refractivity (Wildman–Crippen MR) is 77.8 cm³/mol. The Kier molecular flexibility index (Phi) is 4.12. The van der Waals surface area contributed by atoms with E-state index in [1.54, 1.807) is 4.90 Å². The van der Waals surface area contributed by atoms with Crippen molar-refractivity contribution in [3.05, 3.63) is 36.0 Å². The number of halogens is 3. The number of nitrogens with zero attached hydrogens (tertiary/aromatic N) is 5. The molecule has 0 atom stereocenters. The molecule has 2 aromatic rings. The van der Waals surface area contributed by atoms with Crippen LogP contribution in [0, 0.1) is 0 Å². The molecule has 7 nitrogen and oxygen atoms in total. The first kappa shape index (κ1) is 16.2. The first-order valence-electron chi connectivity index (χ1n) is 7.34. The number of carbonyl (C=O) groups excluding carboxylic acids is 1. The van der Waals surface area contributed by atoms with Gasteiger partial charge < -0.3 is 10.6 Å². The second kappa shape index (κ2) is 6.10. The quantitative estimate of drug-likeness (QED) is 0.899. The number of aromatic nitrogens is 4. The first-order valence-corrected chi connectivity index (χ1v) is 7.34. The zero-order valence-corrected chi connectivity index (χ0v) is 12.6. The molecule has 3 rings (SSSR count). The maximum Gasteiger partial charge on any atom is 0.435 e. The van der Waals surface area contributed by atoms with Crippen LogP contribution in [0.25, 0.3) is 0 Å². The van der Waals surface area contributed by atoms with Crippen molar-refractivity contribution in [3.63, 3.8) is 0 Å². The Morgan fingerprint density at radius 1 is 1.21 bits per heavy atom. The van der Waals surface area contributed by atoms with E-state index in [0.717, 1.165) is 6.07 Å². The molecule has 0 aliphatic carbocycles. The fourth-order valence-corrected chi connectivity index (χ4v) is 2.69. The van der Waals surface area contributed by atoms with E-state index in [0.29, 0.717) is 25.9 Å². The van der Waals surface area contributed by atoms with Gasteiger partial charge in [0.2, 0.25) is 0 Å². The molecule has 0 bridgehead atoms. The van der Waals surface area contributed by atoms with Crippen LogP contribution in [0.2, 0.25) is 0 Å². The van der Waals surface area contributed by atoms with E-state index >= 15 is 0 Å². The normalized spacial score (nSPS) is 16.4. The number of anilines is 1. The maximum atomic E-state index is 12.6. The third kappa shape index (κ3) is 3.17. The highest BCUT2D eigenvalue weighted by Gasteiger charge is 2.34. The van der Waals surface area contributed by atoms with Gasteiger partial charge in [-0.2, -0.15) is 18.3 Å². The van der Waals surface area contributed by atoms with Crippen LogP contribution in [0.4, 0.5) is 19.0 Å². The van der Waals surface area contributed by atoms with Crippen LogP contribution >= 0.6 is 0 Å². The van der Waals surface area contributed by atoms with Crippen molar-refractivity contribution in [3.8, 4) is 0 Å². The minimum absolute atomic E-state index is 0.0616. The molecule has 1 saturated heterocycles. The Morgan fingerprint density at radius 2 is 1.88 bits per heavy atom. The van der Waals surface area contributed by atoms with E-state index in [-0.39, 0.29) is 23.5 Å². The highest BCUT2D eigenvalue weighted by molar-refractivity contribution is 5.96. The van der Waals surface area contributed by atoms with Gasteiger partial charge in [0.1, 0.15) is 0 Å². The van der Waals surface area contributed by atoms with Gasteiger partial charge in [0.25, 0.3) is 5.91 Å². The van der Waals surface area contributed by atoms with Gasteiger partial charge in [-0.15, -0.1) is 0 Å². The van der Waals surface area contributed by atoms with Gasteiger partial charge in [0, 0.05) is 31.7 Å². The molecule has 2 aromatic heterocycles. The van der Waals surface area contributed by atoms with Crippen LogP contribution in [0.5, 0.6) is 0 Å². The summed E-state index contributed by atoms with van der Waals surface area (Å²) in [6.07, 6.45) is 0.667. The lowest BCUT2D eigenvalue weighted by Gasteiger charge is -2.32. The Balaban J connectivity index is 1.65. The summed E-state index contributed by atoms with van der Waals surface area (Å²) in [6, 6.07) is 0.780. The van der Waals surface area contributed by atoms with Gasteiger partial charge in [-0.05, 0) is 18.9 Å². The van der Waals surface area contributed by atoms with E-state index in [1.165, 1.54) is 23.3 Å². The average Bonchev–Trinajstić information content (AvgIpc) is 3.05. The van der Waals surface area contributed by atoms with Gasteiger partial charge >= 0.3 is 6.18 Å². The largest absolute Gasteiger partial charge is 0.435 e. The Morgan fingerprint density at radius 3 is 2.46 bits per heavy atom. The zero-order chi connectivity index (χ0) is 17.3. The highest BCUT2D eigenvalue weighted by atomic mass is 19.4. The highest BCUT2D eigenvalue weighted by Crippen LogP contribution is 2.29. The van der Waals surface area contributed by atoms with E-state index in [4.69, 9.17) is 5.73 Å². The van der Waals surface area contributed by atoms with Gasteiger partial charge in [0.05, 0.1) is 6.04 Å². The minimum atomic E-state index is -4.45. The molecule has 3 heterocycles. The Hall–Kier alpha value is -2.65. The SMILES string of the molecule is Nc1nccnc1C(=O)N1CCC(n2ccc(C(F)(F)F)n2)CC1. The molecule has 128 valence electrons. The molecule has 0 unspecified atom stereocenters. The van der Waals surface area contributed by atoms with Gasteiger partial charge in [-0.1, -0.05) is 0 Å². The van der Waals surface area contributed by atoms with E-state index < -0.39 is 11.9 Å². The molecule has 1 fully saturated rings. The molecular formula is C14H15F3N6O. The number of amides is 1. The summed E-state index contributed by atoms with van der Waals surface area (Å²) in [5.74, 6) is -0.262. The topological polar surface area (TPSA) is 89.9 Å². The molecule has 1 amide bonds. The number of carbonyl (C=O) groups is 1. The number of likely N-dealkylation sites (tertiary alicyclic amines) is 1. The monoisotopic (exact) mass is 340 g/mol. The van der Waals surface area contributed by atoms with Crippen LogP contribution in [0.1, 0.15) is 35.1 Å². The molecule has 0 radical (unpaired) electrons. The number of hydrogen-bond acceptors (Lipinski definition) is 5. The molecular weight excluding hydrogens is 325 g/mol. The van der Waals surface area contributed by atoms with Crippen molar-refractivity contribution in [1.29, 1.82) is 0 Å². The number of piperidine rings is 1. The van der Waals surface area contributed by atoms with E-state index in [2.05, 4.69) is 15.1 Å². The number of alkyl halides is 3. The van der Waals surface area contributed by atoms with Crippen LogP contribution in [-0.2, 0) is 6.18 Å². The average molecular weight is 340 g/mol. The third-order valence-electron chi connectivity index (χ3n) is 3.95. The van der Waals surface area contributed by atoms with Gasteiger partial charge in [-0.3, -0.25) is 9.48 Å². The molecule has 1 aliphatic rings. The fraction of sp³-hybridized carbons (Fsp3) is 0.429. The van der Waals surface area contributed by atoms with Crippen molar-refractivity contribution in [2.24, 2.45) is 0 Å². The summed E-state index contributed by atoms with van der Waals surface area (Å²) in [6.45, 7) is 0.779. The lowest BCUT2D eigenvalue weighted by molar-refractivity contribution is -0.141. The molecule has 0 aromatic carbocycles. The summed E-state index contributed by atoms with van der Waals surface area (Å²) in [4.78, 5) is 21.7. The van der Waals surface area contributed by atoms with E-state index in [1.807, 2.05) is 0 Å². The summed E-state index contributed by atoms with van der Waals surface area (Å²) < 4.78 is 39.1. The van der Waals surface area contributed by atoms with Crippen LogP contribution < -0.4 is 5.73 Å². The second-order valence-corrected chi connectivity index (χ2v) is 5.49. The predicted octanol–water partition coefficient (Wildman–Crippen LogP) is 1.75. The van der Waals surface area contributed by atoms with Crippen molar-refractivity contribution in [1.82, 2.24) is 24.6 Å². The van der Waals surface area contributed by atoms with Crippen molar-refractivity contribution < 1.29 is 18.0 Å². The number of rotatable bonds is 2. The number of hydrogen-bond donors (Lipinski definition) is 1. The van der Waals surface area contributed by atoms with Crippen LogP contribution in [-0.4, -0.2) is 43.6 Å². The zero-order valence-electron chi connectivity index (χ0n) is 12.6. The van der Waals surface area contributed by atoms with Crippen molar-refractivity contribution >= 4 is 11.7 Å². The van der Waals surface area contributed by atoms with Gasteiger partial charge in [0.15, 0.2) is 17.2 Å². The summed E-state index contributed by atoms with van der Waals surface area (Å²) in [7, 11) is 0. The number of nitrogens with two attached hydrogens (primary N) is 1. The van der Waals surface area contributed by atoms with E-state index in [9.17, 15) is 18.0 Å². The summed E-state index contributed by atoms with van der Waals surface area (Å²) >= 11 is 0. The summed E-state index contributed by atoms with van der Waals surface area (Å²) in [5, 5.41) is 3.59. The standard InChI is InChI=1S/C14H15F3N6O/c15-14(16,17)10-3-8-23(21-10)9-1-6-22(7-2-9)13(24)11-12(18)20-5-4-19-11/h3-5,8-9H,1-2,6-7H2,(H2,18,20). The Bertz CT molecular complexity index is 736. The smallest absolute Gasteiger partial charge is 0.382 e. The second-order valence-electron chi connectivity index (χ2n) is 5.49. The molecule has 0 saturated carbocycles. The molecule has 10 heteroatoms. The maximum absolute atomic E-state index is 12.6. The summed E-state index contributed by atoms with van der Waals surface area (Å²) in [5.41, 5.74) is 4.83. The molecule has 1 aliphatic heterocycles. The van der Waals surface area contributed by atoms with Gasteiger partial charge in [-0.25, -0.2) is 9.97 Å². The molecule has 2 N–H and O–H groups in total. The van der Waals surface area contributed by atoms with Crippen molar-refractivity contribution in [2.45, 2.75) is 25.1 Å². The lowest BCUT2D eigenvalue weighted by atomic mass is 10.0. The number of nitrogen functional groups attached to an aromatic ring is 1. The molecule has 0 spiro atoms.